The molecule has 2 aromatic rings. The van der Waals surface area contributed by atoms with Gasteiger partial charge in [-0.2, -0.15) is 0 Å². The maximum absolute atomic E-state index is 12.5. The molecule has 2 aromatic carbocycles. The van der Waals surface area contributed by atoms with Gasteiger partial charge in [-0.05, 0) is 30.3 Å². The number of ether oxygens (including phenoxy) is 2. The summed E-state index contributed by atoms with van der Waals surface area (Å²) < 4.78 is 61.1. The lowest BCUT2D eigenvalue weighted by Crippen LogP contribution is -2.15. The molecule has 0 fully saturated rings. The van der Waals surface area contributed by atoms with Crippen LogP contribution in [0.1, 0.15) is 6.42 Å². The van der Waals surface area contributed by atoms with E-state index in [2.05, 4.69) is 4.72 Å². The second-order valence-electron chi connectivity index (χ2n) is 5.34. The Morgan fingerprint density at radius 3 is 2.32 bits per heavy atom. The lowest BCUT2D eigenvalue weighted by molar-refractivity contribution is 0.297. The lowest BCUT2D eigenvalue weighted by atomic mass is 10.3. The van der Waals surface area contributed by atoms with Gasteiger partial charge in [0, 0.05) is 12.5 Å². The summed E-state index contributed by atoms with van der Waals surface area (Å²) in [5.74, 6) is 0.825. The summed E-state index contributed by atoms with van der Waals surface area (Å²) in [6.07, 6.45) is 0.704. The molecule has 10 heteroatoms. The maximum Gasteiger partial charge on any atom is 0.262 e. The van der Waals surface area contributed by atoms with Crippen LogP contribution in [-0.2, 0) is 20.0 Å². The average Bonchev–Trinajstić information content (AvgIpc) is 2.78. The van der Waals surface area contributed by atoms with E-state index in [4.69, 9.17) is 14.6 Å². The Morgan fingerprint density at radius 1 is 0.880 bits per heavy atom. The van der Waals surface area contributed by atoms with Crippen molar-refractivity contribution in [2.24, 2.45) is 5.14 Å². The number of rotatable bonds is 4. The van der Waals surface area contributed by atoms with E-state index in [-0.39, 0.29) is 15.5 Å². The fourth-order valence-corrected chi connectivity index (χ4v) is 3.89. The van der Waals surface area contributed by atoms with Crippen molar-refractivity contribution in [2.45, 2.75) is 16.2 Å². The number of nitrogens with one attached hydrogen (secondary N) is 1. The number of primary sulfonamides is 1. The van der Waals surface area contributed by atoms with E-state index >= 15 is 0 Å². The molecule has 0 spiro atoms. The van der Waals surface area contributed by atoms with Crippen LogP contribution < -0.4 is 19.3 Å². The molecule has 3 N–H and O–H groups in total. The highest BCUT2D eigenvalue weighted by Crippen LogP contribution is 2.32. The molecule has 0 radical (unpaired) electrons. The van der Waals surface area contributed by atoms with Gasteiger partial charge in [0.25, 0.3) is 10.0 Å². The molecule has 0 amide bonds. The molecule has 0 unspecified atom stereocenters. The topological polar surface area (TPSA) is 125 Å². The van der Waals surface area contributed by atoms with Crippen LogP contribution in [0.25, 0.3) is 0 Å². The first-order valence-corrected chi connectivity index (χ1v) is 10.3. The van der Waals surface area contributed by atoms with Crippen molar-refractivity contribution in [3.8, 4) is 11.5 Å². The largest absolute Gasteiger partial charge is 0.490 e. The first-order valence-electron chi connectivity index (χ1n) is 7.31. The molecule has 134 valence electrons. The van der Waals surface area contributed by atoms with Crippen molar-refractivity contribution >= 4 is 25.7 Å². The molecule has 0 bridgehead atoms. The number of sulfonamides is 2. The Balaban J connectivity index is 1.91. The first-order chi connectivity index (χ1) is 11.8. The smallest absolute Gasteiger partial charge is 0.262 e. The van der Waals surface area contributed by atoms with Crippen molar-refractivity contribution in [3.05, 3.63) is 42.5 Å². The summed E-state index contributed by atoms with van der Waals surface area (Å²) in [5.41, 5.74) is 0.0821. The van der Waals surface area contributed by atoms with Gasteiger partial charge in [-0.1, -0.05) is 6.07 Å². The van der Waals surface area contributed by atoms with E-state index in [9.17, 15) is 16.8 Å². The van der Waals surface area contributed by atoms with E-state index < -0.39 is 20.0 Å². The zero-order valence-corrected chi connectivity index (χ0v) is 14.6. The number of fused-ring (bicyclic) bond motifs is 1. The second kappa shape index (κ2) is 6.54. The number of benzene rings is 2. The Bertz CT molecular complexity index is 1000. The molecular weight excluding hydrogens is 368 g/mol. The third-order valence-corrected chi connectivity index (χ3v) is 5.73. The van der Waals surface area contributed by atoms with E-state index in [0.717, 1.165) is 6.07 Å². The fourth-order valence-electron chi connectivity index (χ4n) is 2.26. The summed E-state index contributed by atoms with van der Waals surface area (Å²) in [6.45, 7) is 0.929. The van der Waals surface area contributed by atoms with Crippen LogP contribution in [0.2, 0.25) is 0 Å². The minimum atomic E-state index is -3.94. The highest BCUT2D eigenvalue weighted by atomic mass is 32.2. The molecule has 0 atom stereocenters. The molecule has 0 aromatic heterocycles. The van der Waals surface area contributed by atoms with Crippen LogP contribution in [-0.4, -0.2) is 30.0 Å². The number of anilines is 1. The Morgan fingerprint density at radius 2 is 1.60 bits per heavy atom. The van der Waals surface area contributed by atoms with Crippen molar-refractivity contribution < 1.29 is 26.3 Å². The molecular formula is C15H16N2O6S2. The van der Waals surface area contributed by atoms with Gasteiger partial charge in [-0.15, -0.1) is 0 Å². The lowest BCUT2D eigenvalue weighted by Gasteiger charge is -2.12. The number of nitrogens with two attached hydrogens (primary N) is 1. The Kier molecular flexibility index (Phi) is 4.58. The highest BCUT2D eigenvalue weighted by Gasteiger charge is 2.19. The van der Waals surface area contributed by atoms with Gasteiger partial charge in [0.15, 0.2) is 11.5 Å². The van der Waals surface area contributed by atoms with Gasteiger partial charge in [0.1, 0.15) is 0 Å². The standard InChI is InChI=1S/C15H16N2O6S2/c16-24(18,19)12-4-1-3-11(9-12)17-25(20,21)13-5-6-14-15(10-13)23-8-2-7-22-14/h1,3-6,9-10,17H,2,7-8H2,(H2,16,18,19). The van der Waals surface area contributed by atoms with E-state index in [1.165, 1.54) is 36.4 Å². The van der Waals surface area contributed by atoms with E-state index in [0.29, 0.717) is 31.1 Å². The normalized spacial score (nSPS) is 14.6. The van der Waals surface area contributed by atoms with Crippen molar-refractivity contribution in [1.82, 2.24) is 0 Å². The summed E-state index contributed by atoms with van der Waals surface area (Å²) in [6, 6.07) is 9.53. The van der Waals surface area contributed by atoms with Crippen molar-refractivity contribution in [1.29, 1.82) is 0 Å². The minimum Gasteiger partial charge on any atom is -0.490 e. The van der Waals surface area contributed by atoms with Gasteiger partial charge < -0.3 is 9.47 Å². The van der Waals surface area contributed by atoms with Crippen molar-refractivity contribution in [3.63, 3.8) is 0 Å². The van der Waals surface area contributed by atoms with Crippen LogP contribution in [0.5, 0.6) is 11.5 Å². The molecule has 0 saturated carbocycles. The maximum atomic E-state index is 12.5. The third-order valence-electron chi connectivity index (χ3n) is 3.44. The van der Waals surface area contributed by atoms with Crippen LogP contribution in [0, 0.1) is 0 Å². The first kappa shape index (κ1) is 17.5. The van der Waals surface area contributed by atoms with Gasteiger partial charge in [0.2, 0.25) is 10.0 Å². The summed E-state index contributed by atoms with van der Waals surface area (Å²) in [4.78, 5) is -0.218. The van der Waals surface area contributed by atoms with Gasteiger partial charge in [-0.3, -0.25) is 4.72 Å². The Labute approximate surface area is 145 Å². The highest BCUT2D eigenvalue weighted by molar-refractivity contribution is 7.92. The molecule has 1 aliphatic rings. The fraction of sp³-hybridized carbons (Fsp3) is 0.200. The zero-order chi connectivity index (χ0) is 18.1. The van der Waals surface area contributed by atoms with Crippen LogP contribution in [0.15, 0.2) is 52.3 Å². The summed E-state index contributed by atoms with van der Waals surface area (Å²) in [5, 5.41) is 5.06. The Hall–Kier alpha value is -2.30. The zero-order valence-electron chi connectivity index (χ0n) is 13.0. The van der Waals surface area contributed by atoms with Gasteiger partial charge in [0.05, 0.1) is 28.7 Å². The molecule has 25 heavy (non-hydrogen) atoms. The summed E-state index contributed by atoms with van der Waals surface area (Å²) >= 11 is 0. The number of hydrogen-bond donors (Lipinski definition) is 2. The predicted molar refractivity (Wildman–Crippen MR) is 90.7 cm³/mol. The molecule has 1 heterocycles. The average molecular weight is 384 g/mol. The monoisotopic (exact) mass is 384 g/mol. The van der Waals surface area contributed by atoms with Gasteiger partial charge in [-0.25, -0.2) is 22.0 Å². The molecule has 3 rings (SSSR count). The molecule has 1 aliphatic heterocycles. The van der Waals surface area contributed by atoms with Gasteiger partial charge >= 0.3 is 0 Å². The van der Waals surface area contributed by atoms with Crippen LogP contribution >= 0.6 is 0 Å². The summed E-state index contributed by atoms with van der Waals surface area (Å²) in [7, 11) is -7.88. The van der Waals surface area contributed by atoms with Crippen LogP contribution in [0.4, 0.5) is 5.69 Å². The van der Waals surface area contributed by atoms with E-state index in [1.807, 2.05) is 0 Å². The molecule has 8 nitrogen and oxygen atoms in total. The molecule has 0 saturated heterocycles. The third kappa shape index (κ3) is 4.03. The van der Waals surface area contributed by atoms with Crippen molar-refractivity contribution in [2.75, 3.05) is 17.9 Å². The minimum absolute atomic E-state index is 0.0299. The SMILES string of the molecule is NS(=O)(=O)c1cccc(NS(=O)(=O)c2ccc3c(c2)OCCCO3)c1. The second-order valence-corrected chi connectivity index (χ2v) is 8.58. The van der Waals surface area contributed by atoms with Crippen LogP contribution in [0.3, 0.4) is 0 Å². The predicted octanol–water partition coefficient (Wildman–Crippen LogP) is 1.30. The quantitative estimate of drug-likeness (QED) is 0.818. The van der Waals surface area contributed by atoms with E-state index in [1.54, 1.807) is 0 Å². The number of hydrogen-bond acceptors (Lipinski definition) is 6. The molecule has 0 aliphatic carbocycles.